The second kappa shape index (κ2) is 5.64. The molecule has 0 unspecified atom stereocenters. The van der Waals surface area contributed by atoms with Gasteiger partial charge >= 0.3 is 0 Å². The number of nitrogens with one attached hydrogen (secondary N) is 1. The van der Waals surface area contributed by atoms with Crippen LogP contribution >= 0.6 is 27.5 Å². The van der Waals surface area contributed by atoms with E-state index in [2.05, 4.69) is 21.2 Å². The van der Waals surface area contributed by atoms with Crippen LogP contribution in [0.4, 0.5) is 11.4 Å². The zero-order valence-electron chi connectivity index (χ0n) is 10.3. The lowest BCUT2D eigenvalue weighted by atomic mass is 10.3. The lowest BCUT2D eigenvalue weighted by Gasteiger charge is -2.06. The first-order valence-electron chi connectivity index (χ1n) is 5.45. The third kappa shape index (κ3) is 3.00. The number of carbonyl (C=O) groups is 1. The van der Waals surface area contributed by atoms with Crippen LogP contribution in [-0.2, 0) is 7.05 Å². The number of amides is 1. The van der Waals surface area contributed by atoms with E-state index in [-0.39, 0.29) is 11.4 Å². The van der Waals surface area contributed by atoms with Crippen molar-refractivity contribution in [3.05, 3.63) is 55.8 Å². The molecule has 8 heteroatoms. The molecule has 0 bridgehead atoms. The summed E-state index contributed by atoms with van der Waals surface area (Å²) in [6.07, 6.45) is 1.28. The largest absolute Gasteiger partial charge is 0.340 e. The predicted octanol–water partition coefficient (Wildman–Crippen LogP) is 3.60. The van der Waals surface area contributed by atoms with Gasteiger partial charge in [0.05, 0.1) is 16.1 Å². The lowest BCUT2D eigenvalue weighted by Crippen LogP contribution is -2.15. The Hall–Kier alpha value is -1.86. The fourth-order valence-electron chi connectivity index (χ4n) is 1.64. The summed E-state index contributed by atoms with van der Waals surface area (Å²) in [6.45, 7) is 0. The van der Waals surface area contributed by atoms with Crippen molar-refractivity contribution in [2.75, 3.05) is 5.32 Å². The summed E-state index contributed by atoms with van der Waals surface area (Å²) in [7, 11) is 1.57. The summed E-state index contributed by atoms with van der Waals surface area (Å²) in [4.78, 5) is 22.2. The molecular formula is C12H9BrClN3O3. The van der Waals surface area contributed by atoms with Crippen molar-refractivity contribution in [1.82, 2.24) is 4.57 Å². The maximum atomic E-state index is 12.1. The number of halogens is 2. The minimum Gasteiger partial charge on any atom is -0.340 e. The van der Waals surface area contributed by atoms with Gasteiger partial charge in [0, 0.05) is 23.3 Å². The van der Waals surface area contributed by atoms with Gasteiger partial charge in [0.1, 0.15) is 5.69 Å². The Morgan fingerprint density at radius 1 is 1.45 bits per heavy atom. The predicted molar refractivity (Wildman–Crippen MR) is 79.2 cm³/mol. The van der Waals surface area contributed by atoms with Crippen molar-refractivity contribution in [2.24, 2.45) is 7.05 Å². The van der Waals surface area contributed by atoms with Gasteiger partial charge in [-0.1, -0.05) is 11.6 Å². The van der Waals surface area contributed by atoms with E-state index in [9.17, 15) is 14.9 Å². The molecule has 0 aliphatic carbocycles. The maximum absolute atomic E-state index is 12.1. The summed E-state index contributed by atoms with van der Waals surface area (Å²) in [5.41, 5.74) is 0.564. The molecule has 0 aliphatic heterocycles. The second-order valence-electron chi connectivity index (χ2n) is 4.03. The number of hydrogen-bond acceptors (Lipinski definition) is 3. The third-order valence-electron chi connectivity index (χ3n) is 2.61. The van der Waals surface area contributed by atoms with Crippen LogP contribution in [0.2, 0.25) is 5.02 Å². The van der Waals surface area contributed by atoms with Crippen molar-refractivity contribution >= 4 is 44.8 Å². The van der Waals surface area contributed by atoms with Crippen LogP contribution < -0.4 is 5.32 Å². The van der Waals surface area contributed by atoms with Crippen LogP contribution in [-0.4, -0.2) is 15.4 Å². The minimum atomic E-state index is -0.548. The molecule has 0 saturated carbocycles. The Kier molecular flexibility index (Phi) is 4.10. The molecule has 0 spiro atoms. The normalized spacial score (nSPS) is 10.3. The van der Waals surface area contributed by atoms with E-state index in [0.717, 1.165) is 0 Å². The molecule has 1 N–H and O–H groups in total. The van der Waals surface area contributed by atoms with Crippen LogP contribution in [0.3, 0.4) is 0 Å². The Morgan fingerprint density at radius 2 is 2.15 bits per heavy atom. The van der Waals surface area contributed by atoms with Crippen LogP contribution in [0, 0.1) is 10.1 Å². The van der Waals surface area contributed by atoms with E-state index in [0.29, 0.717) is 15.2 Å². The van der Waals surface area contributed by atoms with Crippen LogP contribution in [0.25, 0.3) is 0 Å². The van der Waals surface area contributed by atoms with Crippen LogP contribution in [0.1, 0.15) is 10.5 Å². The number of benzene rings is 1. The summed E-state index contributed by atoms with van der Waals surface area (Å²) >= 11 is 9.18. The van der Waals surface area contributed by atoms with Crippen molar-refractivity contribution in [3.63, 3.8) is 0 Å². The molecule has 0 aliphatic rings. The Balaban J connectivity index is 2.23. The Bertz CT molecular complexity index is 699. The van der Waals surface area contributed by atoms with Crippen molar-refractivity contribution in [2.45, 2.75) is 0 Å². The molecule has 20 heavy (non-hydrogen) atoms. The highest BCUT2D eigenvalue weighted by Gasteiger charge is 2.17. The minimum absolute atomic E-state index is 0.133. The zero-order chi connectivity index (χ0) is 14.9. The molecule has 6 nitrogen and oxygen atoms in total. The van der Waals surface area contributed by atoms with Crippen molar-refractivity contribution in [1.29, 1.82) is 0 Å². The van der Waals surface area contributed by atoms with E-state index in [1.54, 1.807) is 25.2 Å². The number of anilines is 1. The smallest absolute Gasteiger partial charge is 0.287 e. The van der Waals surface area contributed by atoms with E-state index >= 15 is 0 Å². The number of nitrogens with zero attached hydrogens (tertiary/aromatic N) is 2. The number of hydrogen-bond donors (Lipinski definition) is 1. The van der Waals surface area contributed by atoms with Gasteiger partial charge in [0.15, 0.2) is 0 Å². The van der Waals surface area contributed by atoms with Gasteiger partial charge in [-0.2, -0.15) is 0 Å². The molecule has 2 aromatic rings. The van der Waals surface area contributed by atoms with E-state index in [4.69, 9.17) is 11.6 Å². The van der Waals surface area contributed by atoms with Gasteiger partial charge in [0.2, 0.25) is 0 Å². The second-order valence-corrected chi connectivity index (χ2v) is 5.30. The Labute approximate surface area is 127 Å². The molecule has 0 atom stereocenters. The fourth-order valence-corrected chi connectivity index (χ4v) is 2.07. The highest BCUT2D eigenvalue weighted by Crippen LogP contribution is 2.26. The van der Waals surface area contributed by atoms with Gasteiger partial charge in [-0.25, -0.2) is 0 Å². The van der Waals surface area contributed by atoms with Gasteiger partial charge in [-0.15, -0.1) is 0 Å². The van der Waals surface area contributed by atoms with Crippen LogP contribution in [0.15, 0.2) is 34.9 Å². The number of nitro groups is 1. The molecule has 0 fully saturated rings. The molecule has 2 rings (SSSR count). The molecule has 1 aromatic carbocycles. The third-order valence-corrected chi connectivity index (χ3v) is 3.84. The monoisotopic (exact) mass is 357 g/mol. The van der Waals surface area contributed by atoms with Crippen molar-refractivity contribution < 1.29 is 9.72 Å². The maximum Gasteiger partial charge on any atom is 0.287 e. The number of rotatable bonds is 3. The molecule has 0 saturated heterocycles. The summed E-state index contributed by atoms with van der Waals surface area (Å²) in [5.74, 6) is -0.445. The number of aryl methyl sites for hydroxylation is 1. The van der Waals surface area contributed by atoms with E-state index in [1.165, 1.54) is 16.8 Å². The molecule has 1 aromatic heterocycles. The van der Waals surface area contributed by atoms with Gasteiger partial charge in [-0.05, 0) is 34.1 Å². The summed E-state index contributed by atoms with van der Waals surface area (Å²) in [6, 6.07) is 6.17. The quantitative estimate of drug-likeness (QED) is 0.672. The average Bonchev–Trinajstić information content (AvgIpc) is 2.76. The number of aromatic nitrogens is 1. The highest BCUT2D eigenvalue weighted by atomic mass is 79.9. The lowest BCUT2D eigenvalue weighted by molar-refractivity contribution is -0.384. The average molecular weight is 359 g/mol. The summed E-state index contributed by atoms with van der Waals surface area (Å²) in [5, 5.41) is 13.8. The van der Waals surface area contributed by atoms with Crippen molar-refractivity contribution in [3.8, 4) is 0 Å². The number of carbonyl (C=O) groups excluding carboxylic acids is 1. The fraction of sp³-hybridized carbons (Fsp3) is 0.0833. The zero-order valence-corrected chi connectivity index (χ0v) is 12.6. The first-order chi connectivity index (χ1) is 9.38. The van der Waals surface area contributed by atoms with Gasteiger partial charge < -0.3 is 9.88 Å². The first-order valence-corrected chi connectivity index (χ1v) is 6.62. The van der Waals surface area contributed by atoms with Gasteiger partial charge in [-0.3, -0.25) is 14.9 Å². The topological polar surface area (TPSA) is 77.2 Å². The molecule has 104 valence electrons. The molecule has 0 radical (unpaired) electrons. The Morgan fingerprint density at radius 3 is 2.70 bits per heavy atom. The molecular weight excluding hydrogens is 350 g/mol. The van der Waals surface area contributed by atoms with Crippen LogP contribution in [0.5, 0.6) is 0 Å². The standard InChI is InChI=1S/C12H9BrClN3O3/c1-16-6-8(17(19)20)5-11(16)12(18)15-7-2-3-9(13)10(14)4-7/h2-6H,1H3,(H,15,18). The van der Waals surface area contributed by atoms with E-state index in [1.807, 2.05) is 0 Å². The van der Waals surface area contributed by atoms with Gasteiger partial charge in [0.25, 0.3) is 11.6 Å². The molecule has 1 amide bonds. The molecule has 1 heterocycles. The first kappa shape index (κ1) is 14.5. The SMILES string of the molecule is Cn1cc([N+](=O)[O-])cc1C(=O)Nc1ccc(Br)c(Cl)c1. The highest BCUT2D eigenvalue weighted by molar-refractivity contribution is 9.10. The van der Waals surface area contributed by atoms with E-state index < -0.39 is 10.8 Å². The summed E-state index contributed by atoms with van der Waals surface area (Å²) < 4.78 is 2.11.